The number of anilines is 1. The summed E-state index contributed by atoms with van der Waals surface area (Å²) in [5.41, 5.74) is 5.46. The van der Waals surface area contributed by atoms with Crippen LogP contribution in [0.5, 0.6) is 0 Å². The Balaban J connectivity index is 1.95. The quantitative estimate of drug-likeness (QED) is 0.767. The van der Waals surface area contributed by atoms with Crippen LogP contribution < -0.4 is 5.73 Å². The lowest BCUT2D eigenvalue weighted by Crippen LogP contribution is -1.88. The van der Waals surface area contributed by atoms with Crippen molar-refractivity contribution in [3.05, 3.63) is 30.5 Å². The third-order valence-electron chi connectivity index (χ3n) is 1.53. The molecule has 0 aliphatic carbocycles. The predicted octanol–water partition coefficient (Wildman–Crippen LogP) is 1.34. The number of nitrogen functional groups attached to an aromatic ring is 1. The zero-order chi connectivity index (χ0) is 9.80. The van der Waals surface area contributed by atoms with Crippen LogP contribution in [0.2, 0.25) is 0 Å². The predicted molar refractivity (Wildman–Crippen MR) is 52.5 cm³/mol. The first kappa shape index (κ1) is 9.01. The summed E-state index contributed by atoms with van der Waals surface area (Å²) in [5, 5.41) is 3.70. The minimum absolute atomic E-state index is 0.522. The summed E-state index contributed by atoms with van der Waals surface area (Å²) in [6.07, 6.45) is 3.04. The molecule has 0 saturated heterocycles. The maximum atomic E-state index is 5.46. The maximum Gasteiger partial charge on any atom is 0.213 e. The third kappa shape index (κ3) is 2.23. The lowest BCUT2D eigenvalue weighted by atomic mass is 10.5. The summed E-state index contributed by atoms with van der Waals surface area (Å²) in [6.45, 7) is 0. The van der Waals surface area contributed by atoms with Crippen LogP contribution in [0.1, 0.15) is 5.82 Å². The summed E-state index contributed by atoms with van der Waals surface area (Å²) in [7, 11) is 0. The van der Waals surface area contributed by atoms with Gasteiger partial charge in [0.1, 0.15) is 5.82 Å². The van der Waals surface area contributed by atoms with E-state index in [4.69, 9.17) is 5.73 Å². The molecule has 2 aromatic rings. The Morgan fingerprint density at radius 1 is 1.36 bits per heavy atom. The summed E-state index contributed by atoms with van der Waals surface area (Å²) >= 11 is 1.58. The fraction of sp³-hybridized carbons (Fsp3) is 0.125. The molecular weight excluding hydrogens is 200 g/mol. The van der Waals surface area contributed by atoms with E-state index in [0.29, 0.717) is 17.4 Å². The van der Waals surface area contributed by atoms with Crippen LogP contribution in [0.4, 0.5) is 5.82 Å². The van der Waals surface area contributed by atoms with E-state index in [1.807, 2.05) is 6.07 Å². The summed E-state index contributed by atoms with van der Waals surface area (Å²) < 4.78 is 4.61. The molecule has 0 spiro atoms. The molecule has 2 rings (SSSR count). The van der Waals surface area contributed by atoms with Gasteiger partial charge in [0, 0.05) is 11.1 Å². The molecule has 14 heavy (non-hydrogen) atoms. The Morgan fingerprint density at radius 3 is 2.93 bits per heavy atom. The smallest absolute Gasteiger partial charge is 0.213 e. The largest absolute Gasteiger partial charge is 0.384 e. The second-order valence-corrected chi connectivity index (χ2v) is 3.60. The van der Waals surface area contributed by atoms with Gasteiger partial charge in [-0.15, -0.1) is 11.8 Å². The SMILES string of the molecule is Nc1ccc(SCc2ncon2)cn1. The van der Waals surface area contributed by atoms with Crippen LogP contribution in [-0.4, -0.2) is 15.1 Å². The molecule has 72 valence electrons. The van der Waals surface area contributed by atoms with Gasteiger partial charge in [0.2, 0.25) is 6.39 Å². The van der Waals surface area contributed by atoms with Gasteiger partial charge in [-0.05, 0) is 12.1 Å². The fourth-order valence-corrected chi connectivity index (χ4v) is 1.60. The van der Waals surface area contributed by atoms with E-state index in [9.17, 15) is 0 Å². The van der Waals surface area contributed by atoms with Crippen molar-refractivity contribution in [1.29, 1.82) is 0 Å². The average molecular weight is 208 g/mol. The molecule has 2 N–H and O–H groups in total. The summed E-state index contributed by atoms with van der Waals surface area (Å²) in [6, 6.07) is 3.67. The van der Waals surface area contributed by atoms with Crippen molar-refractivity contribution >= 4 is 17.6 Å². The number of hydrogen-bond donors (Lipinski definition) is 1. The van der Waals surface area contributed by atoms with Crippen LogP contribution >= 0.6 is 11.8 Å². The standard InChI is InChI=1S/C8H8N4OS/c9-7-2-1-6(3-10-7)14-4-8-11-5-13-12-8/h1-3,5H,4H2,(H2,9,10). The van der Waals surface area contributed by atoms with Crippen LogP contribution in [0.15, 0.2) is 34.1 Å². The van der Waals surface area contributed by atoms with Crippen LogP contribution in [0.25, 0.3) is 0 Å². The molecule has 2 heterocycles. The molecule has 0 saturated carbocycles. The van der Waals surface area contributed by atoms with E-state index in [-0.39, 0.29) is 0 Å². The Bertz CT molecular complexity index is 386. The van der Waals surface area contributed by atoms with E-state index in [1.54, 1.807) is 24.0 Å². The molecule has 0 amide bonds. The maximum absolute atomic E-state index is 5.46. The van der Waals surface area contributed by atoms with Crippen LogP contribution in [0.3, 0.4) is 0 Å². The third-order valence-corrected chi connectivity index (χ3v) is 2.51. The highest BCUT2D eigenvalue weighted by Crippen LogP contribution is 2.20. The molecule has 0 fully saturated rings. The molecule has 0 aliphatic rings. The fourth-order valence-electron chi connectivity index (χ4n) is 0.881. The van der Waals surface area contributed by atoms with Crippen molar-refractivity contribution in [2.24, 2.45) is 0 Å². The molecule has 6 heteroatoms. The first-order valence-electron chi connectivity index (χ1n) is 3.94. The molecular formula is C8H8N4OS. The second-order valence-electron chi connectivity index (χ2n) is 2.55. The Labute approximate surface area is 84.7 Å². The number of hydrogen-bond acceptors (Lipinski definition) is 6. The van der Waals surface area contributed by atoms with Crippen molar-refractivity contribution < 1.29 is 4.52 Å². The highest BCUT2D eigenvalue weighted by atomic mass is 32.2. The van der Waals surface area contributed by atoms with E-state index < -0.39 is 0 Å². The van der Waals surface area contributed by atoms with Crippen molar-refractivity contribution in [2.45, 2.75) is 10.6 Å². The molecule has 0 atom stereocenters. The molecule has 0 radical (unpaired) electrons. The molecule has 0 aliphatic heterocycles. The van der Waals surface area contributed by atoms with Gasteiger partial charge in [-0.1, -0.05) is 5.16 Å². The molecule has 0 aromatic carbocycles. The minimum Gasteiger partial charge on any atom is -0.384 e. The number of rotatable bonds is 3. The number of pyridine rings is 1. The first-order valence-corrected chi connectivity index (χ1v) is 4.93. The van der Waals surface area contributed by atoms with Gasteiger partial charge in [0.25, 0.3) is 0 Å². The monoisotopic (exact) mass is 208 g/mol. The zero-order valence-electron chi connectivity index (χ0n) is 7.25. The second kappa shape index (κ2) is 4.10. The van der Waals surface area contributed by atoms with Gasteiger partial charge in [0.15, 0.2) is 5.82 Å². The normalized spacial score (nSPS) is 10.3. The van der Waals surface area contributed by atoms with E-state index >= 15 is 0 Å². The lowest BCUT2D eigenvalue weighted by Gasteiger charge is -1.97. The topological polar surface area (TPSA) is 77.8 Å². The van der Waals surface area contributed by atoms with E-state index in [1.165, 1.54) is 6.39 Å². The minimum atomic E-state index is 0.522. The van der Waals surface area contributed by atoms with E-state index in [0.717, 1.165) is 4.90 Å². The van der Waals surface area contributed by atoms with Crippen molar-refractivity contribution in [3.63, 3.8) is 0 Å². The zero-order valence-corrected chi connectivity index (χ0v) is 8.07. The highest BCUT2D eigenvalue weighted by molar-refractivity contribution is 7.98. The Morgan fingerprint density at radius 2 is 2.29 bits per heavy atom. The number of aromatic nitrogens is 3. The van der Waals surface area contributed by atoms with Gasteiger partial charge in [-0.2, -0.15) is 4.98 Å². The Kier molecular flexibility index (Phi) is 2.64. The summed E-state index contributed by atoms with van der Waals surface area (Å²) in [4.78, 5) is 8.91. The first-order chi connectivity index (χ1) is 6.84. The average Bonchev–Trinajstić information content (AvgIpc) is 2.70. The molecule has 0 bridgehead atoms. The highest BCUT2D eigenvalue weighted by Gasteiger charge is 2.00. The van der Waals surface area contributed by atoms with Crippen LogP contribution in [0, 0.1) is 0 Å². The van der Waals surface area contributed by atoms with Gasteiger partial charge in [-0.25, -0.2) is 4.98 Å². The van der Waals surface area contributed by atoms with Crippen molar-refractivity contribution in [1.82, 2.24) is 15.1 Å². The number of nitrogens with two attached hydrogens (primary N) is 1. The van der Waals surface area contributed by atoms with Crippen molar-refractivity contribution in [2.75, 3.05) is 5.73 Å². The van der Waals surface area contributed by atoms with Crippen LogP contribution in [-0.2, 0) is 5.75 Å². The molecule has 0 unspecified atom stereocenters. The lowest BCUT2D eigenvalue weighted by molar-refractivity contribution is 0.412. The summed E-state index contributed by atoms with van der Waals surface area (Å²) in [5.74, 6) is 1.86. The van der Waals surface area contributed by atoms with Gasteiger partial charge in [-0.3, -0.25) is 0 Å². The van der Waals surface area contributed by atoms with Gasteiger partial charge < -0.3 is 10.3 Å². The van der Waals surface area contributed by atoms with Gasteiger partial charge >= 0.3 is 0 Å². The number of thioether (sulfide) groups is 1. The molecule has 2 aromatic heterocycles. The Hall–Kier alpha value is -1.56. The number of nitrogens with zero attached hydrogens (tertiary/aromatic N) is 3. The van der Waals surface area contributed by atoms with Gasteiger partial charge in [0.05, 0.1) is 5.75 Å². The van der Waals surface area contributed by atoms with E-state index in [2.05, 4.69) is 19.6 Å². The molecule has 5 nitrogen and oxygen atoms in total. The van der Waals surface area contributed by atoms with Crippen molar-refractivity contribution in [3.8, 4) is 0 Å².